The molecule has 1 aliphatic rings. The van der Waals surface area contributed by atoms with Gasteiger partial charge in [-0.25, -0.2) is 14.4 Å². The number of carbonyl (C=O) groups is 3. The molecule has 118 valence electrons. The fraction of sp³-hybridized carbons (Fsp3) is 0.643. The minimum Gasteiger partial charge on any atom is -0.465 e. The standard InChI is InChI=1S/C14H21NO6/c1-14(2,3)21-13(18)15-7-6-9(8-15)10(11(16)19-4)12(17)20-5/h6-8H2,1-5H3. The number of nitrogens with zero attached hydrogens (tertiary/aromatic N) is 1. The van der Waals surface area contributed by atoms with Crippen molar-refractivity contribution in [2.75, 3.05) is 27.3 Å². The average Bonchev–Trinajstić information content (AvgIpc) is 2.86. The highest BCUT2D eigenvalue weighted by Gasteiger charge is 2.32. The maximum Gasteiger partial charge on any atom is 0.410 e. The zero-order valence-electron chi connectivity index (χ0n) is 13.0. The smallest absolute Gasteiger partial charge is 0.410 e. The summed E-state index contributed by atoms with van der Waals surface area (Å²) in [7, 11) is 2.37. The van der Waals surface area contributed by atoms with Gasteiger partial charge in [0, 0.05) is 13.1 Å². The molecule has 21 heavy (non-hydrogen) atoms. The molecular formula is C14H21NO6. The third-order valence-corrected chi connectivity index (χ3v) is 2.85. The van der Waals surface area contributed by atoms with Gasteiger partial charge in [0.15, 0.2) is 0 Å². The van der Waals surface area contributed by atoms with Crippen LogP contribution in [-0.4, -0.2) is 55.8 Å². The second-order valence-corrected chi connectivity index (χ2v) is 5.61. The largest absolute Gasteiger partial charge is 0.465 e. The third kappa shape index (κ3) is 4.47. The predicted octanol–water partition coefficient (Wildman–Crippen LogP) is 1.27. The summed E-state index contributed by atoms with van der Waals surface area (Å²) < 4.78 is 14.4. The lowest BCUT2D eigenvalue weighted by Crippen LogP contribution is -2.35. The summed E-state index contributed by atoms with van der Waals surface area (Å²) >= 11 is 0. The summed E-state index contributed by atoms with van der Waals surface area (Å²) in [6, 6.07) is 0. The Morgan fingerprint density at radius 3 is 2.00 bits per heavy atom. The molecule has 0 spiro atoms. The molecule has 0 bridgehead atoms. The summed E-state index contributed by atoms with van der Waals surface area (Å²) in [6.45, 7) is 5.83. The van der Waals surface area contributed by atoms with Crippen molar-refractivity contribution >= 4 is 18.0 Å². The van der Waals surface area contributed by atoms with Gasteiger partial charge >= 0.3 is 18.0 Å². The molecule has 0 N–H and O–H groups in total. The van der Waals surface area contributed by atoms with Crippen LogP contribution in [-0.2, 0) is 23.8 Å². The summed E-state index contributed by atoms with van der Waals surface area (Å²) in [5.74, 6) is -1.52. The molecule has 0 unspecified atom stereocenters. The van der Waals surface area contributed by atoms with E-state index in [9.17, 15) is 14.4 Å². The molecule has 0 aromatic carbocycles. The number of methoxy groups -OCH3 is 2. The van der Waals surface area contributed by atoms with Gasteiger partial charge in [0.05, 0.1) is 14.2 Å². The first kappa shape index (κ1) is 17.0. The Balaban J connectivity index is 2.91. The number of rotatable bonds is 2. The van der Waals surface area contributed by atoms with Crippen molar-refractivity contribution in [2.24, 2.45) is 0 Å². The SMILES string of the molecule is COC(=O)C(C(=O)OC)=C1CCN(C(=O)OC(C)(C)C)C1. The summed E-state index contributed by atoms with van der Waals surface area (Å²) in [4.78, 5) is 36.8. The molecule has 0 aromatic heterocycles. The first-order valence-electron chi connectivity index (χ1n) is 6.56. The Morgan fingerprint density at radius 2 is 1.57 bits per heavy atom. The van der Waals surface area contributed by atoms with Gasteiger partial charge in [-0.2, -0.15) is 0 Å². The molecule has 1 fully saturated rings. The predicted molar refractivity (Wildman–Crippen MR) is 73.5 cm³/mol. The molecule has 1 aliphatic heterocycles. The topological polar surface area (TPSA) is 82.1 Å². The average molecular weight is 299 g/mol. The van der Waals surface area contributed by atoms with Crippen molar-refractivity contribution in [1.29, 1.82) is 0 Å². The van der Waals surface area contributed by atoms with Crippen molar-refractivity contribution in [1.82, 2.24) is 4.90 Å². The number of hydrogen-bond acceptors (Lipinski definition) is 6. The first-order chi connectivity index (χ1) is 9.69. The third-order valence-electron chi connectivity index (χ3n) is 2.85. The van der Waals surface area contributed by atoms with E-state index in [1.165, 1.54) is 19.1 Å². The van der Waals surface area contributed by atoms with Crippen LogP contribution in [0, 0.1) is 0 Å². The van der Waals surface area contributed by atoms with E-state index in [1.54, 1.807) is 20.8 Å². The van der Waals surface area contributed by atoms with Crippen LogP contribution in [0.4, 0.5) is 4.79 Å². The lowest BCUT2D eigenvalue weighted by Gasteiger charge is -2.24. The second-order valence-electron chi connectivity index (χ2n) is 5.61. The number of hydrogen-bond donors (Lipinski definition) is 0. The minimum atomic E-state index is -0.761. The van der Waals surface area contributed by atoms with E-state index < -0.39 is 23.6 Å². The van der Waals surface area contributed by atoms with Gasteiger partial charge < -0.3 is 19.1 Å². The lowest BCUT2D eigenvalue weighted by atomic mass is 10.1. The Hall–Kier alpha value is -2.05. The molecule has 1 saturated heterocycles. The van der Waals surface area contributed by atoms with E-state index in [1.807, 2.05) is 0 Å². The van der Waals surface area contributed by atoms with Gasteiger partial charge in [0.25, 0.3) is 0 Å². The van der Waals surface area contributed by atoms with Gasteiger partial charge in [-0.05, 0) is 32.8 Å². The Kier molecular flexibility index (Phi) is 5.34. The van der Waals surface area contributed by atoms with Crippen molar-refractivity contribution in [2.45, 2.75) is 32.8 Å². The van der Waals surface area contributed by atoms with Crippen LogP contribution in [0.3, 0.4) is 0 Å². The van der Waals surface area contributed by atoms with Gasteiger partial charge in [0.2, 0.25) is 0 Å². The van der Waals surface area contributed by atoms with Crippen LogP contribution in [0.15, 0.2) is 11.1 Å². The molecule has 0 radical (unpaired) electrons. The van der Waals surface area contributed by atoms with E-state index in [4.69, 9.17) is 4.74 Å². The van der Waals surface area contributed by atoms with Crippen LogP contribution in [0.25, 0.3) is 0 Å². The maximum atomic E-state index is 12.0. The second kappa shape index (κ2) is 6.60. The molecule has 1 heterocycles. The lowest BCUT2D eigenvalue weighted by molar-refractivity contribution is -0.144. The highest BCUT2D eigenvalue weighted by atomic mass is 16.6. The molecule has 0 saturated carbocycles. The van der Waals surface area contributed by atoms with Crippen LogP contribution in [0.5, 0.6) is 0 Å². The molecule has 0 aromatic rings. The normalized spacial score (nSPS) is 14.7. The fourth-order valence-corrected chi connectivity index (χ4v) is 1.92. The Bertz CT molecular complexity index is 456. The molecule has 7 nitrogen and oxygen atoms in total. The van der Waals surface area contributed by atoms with Crippen molar-refractivity contribution in [3.63, 3.8) is 0 Å². The zero-order valence-corrected chi connectivity index (χ0v) is 13.0. The summed E-state index contributed by atoms with van der Waals surface area (Å²) in [6.07, 6.45) is -0.0785. The van der Waals surface area contributed by atoms with Gasteiger partial charge in [-0.3, -0.25) is 0 Å². The number of ether oxygens (including phenoxy) is 3. The number of carbonyl (C=O) groups excluding carboxylic acids is 3. The van der Waals surface area contributed by atoms with Crippen LogP contribution in [0.2, 0.25) is 0 Å². The summed E-state index contributed by atoms with van der Waals surface area (Å²) in [5.41, 5.74) is -0.234. The highest BCUT2D eigenvalue weighted by molar-refractivity contribution is 6.14. The van der Waals surface area contributed by atoms with E-state index in [0.29, 0.717) is 18.5 Å². The van der Waals surface area contributed by atoms with Crippen LogP contribution in [0.1, 0.15) is 27.2 Å². The molecule has 0 aliphatic carbocycles. The van der Waals surface area contributed by atoms with Gasteiger partial charge in [-0.1, -0.05) is 0 Å². The molecule has 1 amide bonds. The van der Waals surface area contributed by atoms with E-state index in [-0.39, 0.29) is 12.1 Å². The number of amides is 1. The Morgan fingerprint density at radius 1 is 1.05 bits per heavy atom. The molecule has 7 heteroatoms. The van der Waals surface area contributed by atoms with Gasteiger partial charge in [-0.15, -0.1) is 0 Å². The molecular weight excluding hydrogens is 278 g/mol. The maximum absolute atomic E-state index is 12.0. The monoisotopic (exact) mass is 299 g/mol. The number of likely N-dealkylation sites (tertiary alicyclic amines) is 1. The van der Waals surface area contributed by atoms with Crippen LogP contribution >= 0.6 is 0 Å². The van der Waals surface area contributed by atoms with E-state index >= 15 is 0 Å². The van der Waals surface area contributed by atoms with Gasteiger partial charge in [0.1, 0.15) is 11.2 Å². The van der Waals surface area contributed by atoms with E-state index in [0.717, 1.165) is 0 Å². The van der Waals surface area contributed by atoms with Crippen molar-refractivity contribution in [3.8, 4) is 0 Å². The van der Waals surface area contributed by atoms with Crippen molar-refractivity contribution in [3.05, 3.63) is 11.1 Å². The fourth-order valence-electron chi connectivity index (χ4n) is 1.92. The van der Waals surface area contributed by atoms with E-state index in [2.05, 4.69) is 9.47 Å². The quantitative estimate of drug-likeness (QED) is 0.251. The minimum absolute atomic E-state index is 0.147. The van der Waals surface area contributed by atoms with Crippen LogP contribution < -0.4 is 0 Å². The highest BCUT2D eigenvalue weighted by Crippen LogP contribution is 2.23. The summed E-state index contributed by atoms with van der Waals surface area (Å²) in [5, 5.41) is 0. The first-order valence-corrected chi connectivity index (χ1v) is 6.56. The van der Waals surface area contributed by atoms with Crippen molar-refractivity contribution < 1.29 is 28.6 Å². The number of esters is 2. The Labute approximate surface area is 123 Å². The molecule has 1 rings (SSSR count). The molecule has 0 atom stereocenters. The zero-order chi connectivity index (χ0) is 16.2.